The minimum Gasteiger partial charge on any atom is -0.356 e. The van der Waals surface area contributed by atoms with Crippen LogP contribution in [0.5, 0.6) is 0 Å². The molecule has 0 unspecified atom stereocenters. The lowest BCUT2D eigenvalue weighted by molar-refractivity contribution is -0.121. The molecular formula is C27H55NO. The predicted molar refractivity (Wildman–Crippen MR) is 130 cm³/mol. The Bertz CT molecular complexity index is 328. The molecule has 0 spiro atoms. The summed E-state index contributed by atoms with van der Waals surface area (Å²) in [4.78, 5) is 11.7. The topological polar surface area (TPSA) is 29.1 Å². The van der Waals surface area contributed by atoms with E-state index in [1.807, 2.05) is 0 Å². The molecule has 0 saturated heterocycles. The molecule has 0 aliphatic rings. The molecular weight excluding hydrogens is 354 g/mol. The van der Waals surface area contributed by atoms with E-state index in [2.05, 4.69) is 26.1 Å². The van der Waals surface area contributed by atoms with Crippen molar-refractivity contribution in [1.82, 2.24) is 5.32 Å². The molecule has 1 amide bonds. The van der Waals surface area contributed by atoms with E-state index in [0.29, 0.717) is 5.92 Å². The van der Waals surface area contributed by atoms with Crippen molar-refractivity contribution >= 4 is 5.91 Å². The van der Waals surface area contributed by atoms with Gasteiger partial charge in [-0.1, -0.05) is 143 Å². The SMILES string of the molecule is CCCCCCCCCCCCCCCCCCCCCC(=O)NC[C@H](C)CC. The third-order valence-corrected chi connectivity index (χ3v) is 6.35. The second kappa shape index (κ2) is 23.7. The number of unbranched alkanes of at least 4 members (excludes halogenated alkanes) is 18. The van der Waals surface area contributed by atoms with E-state index in [1.165, 1.54) is 116 Å². The van der Waals surface area contributed by atoms with Gasteiger partial charge in [-0.3, -0.25) is 4.79 Å². The van der Waals surface area contributed by atoms with E-state index in [4.69, 9.17) is 0 Å². The van der Waals surface area contributed by atoms with E-state index >= 15 is 0 Å². The molecule has 0 radical (unpaired) electrons. The lowest BCUT2D eigenvalue weighted by atomic mass is 10.0. The van der Waals surface area contributed by atoms with Gasteiger partial charge in [-0.25, -0.2) is 0 Å². The van der Waals surface area contributed by atoms with Crippen LogP contribution in [0.2, 0.25) is 0 Å². The molecule has 1 N–H and O–H groups in total. The molecule has 1 atom stereocenters. The van der Waals surface area contributed by atoms with Gasteiger partial charge in [0.25, 0.3) is 0 Å². The Morgan fingerprint density at radius 2 is 0.931 bits per heavy atom. The highest BCUT2D eigenvalue weighted by Gasteiger charge is 2.03. The predicted octanol–water partition coefficient (Wildman–Crippen LogP) is 8.97. The lowest BCUT2D eigenvalue weighted by Gasteiger charge is -2.09. The van der Waals surface area contributed by atoms with Crippen molar-refractivity contribution in [3.8, 4) is 0 Å². The largest absolute Gasteiger partial charge is 0.356 e. The number of rotatable bonds is 23. The Labute approximate surface area is 184 Å². The van der Waals surface area contributed by atoms with Crippen molar-refractivity contribution in [2.45, 2.75) is 156 Å². The van der Waals surface area contributed by atoms with Crippen LogP contribution in [0.15, 0.2) is 0 Å². The van der Waals surface area contributed by atoms with Gasteiger partial charge in [0.1, 0.15) is 0 Å². The first kappa shape index (κ1) is 28.5. The van der Waals surface area contributed by atoms with Crippen LogP contribution in [0, 0.1) is 5.92 Å². The minimum atomic E-state index is 0.247. The van der Waals surface area contributed by atoms with Crippen LogP contribution in [-0.4, -0.2) is 12.5 Å². The highest BCUT2D eigenvalue weighted by molar-refractivity contribution is 5.75. The van der Waals surface area contributed by atoms with Crippen LogP contribution >= 0.6 is 0 Å². The van der Waals surface area contributed by atoms with Crippen LogP contribution < -0.4 is 5.32 Å². The molecule has 29 heavy (non-hydrogen) atoms. The molecule has 0 aromatic rings. The van der Waals surface area contributed by atoms with Crippen molar-refractivity contribution in [3.05, 3.63) is 0 Å². The summed E-state index contributed by atoms with van der Waals surface area (Å²) in [5.41, 5.74) is 0. The number of hydrogen-bond acceptors (Lipinski definition) is 1. The zero-order valence-electron chi connectivity index (χ0n) is 20.5. The summed E-state index contributed by atoms with van der Waals surface area (Å²) in [5.74, 6) is 0.848. The lowest BCUT2D eigenvalue weighted by Crippen LogP contribution is -2.27. The van der Waals surface area contributed by atoms with Gasteiger partial charge in [0.15, 0.2) is 0 Å². The third-order valence-electron chi connectivity index (χ3n) is 6.35. The molecule has 0 aromatic carbocycles. The first-order valence-corrected chi connectivity index (χ1v) is 13.5. The summed E-state index contributed by atoms with van der Waals surface area (Å²) < 4.78 is 0. The summed E-state index contributed by atoms with van der Waals surface area (Å²) in [6, 6.07) is 0. The van der Waals surface area contributed by atoms with E-state index in [0.717, 1.165) is 25.8 Å². The fraction of sp³-hybridized carbons (Fsp3) is 0.963. The van der Waals surface area contributed by atoms with E-state index in [9.17, 15) is 4.79 Å². The van der Waals surface area contributed by atoms with Gasteiger partial charge in [-0.2, -0.15) is 0 Å². The summed E-state index contributed by atoms with van der Waals surface area (Å²) in [7, 11) is 0. The monoisotopic (exact) mass is 409 g/mol. The zero-order chi connectivity index (χ0) is 21.4. The molecule has 0 aromatic heterocycles. The number of carbonyl (C=O) groups is 1. The van der Waals surface area contributed by atoms with Crippen LogP contribution in [0.4, 0.5) is 0 Å². The molecule has 0 saturated carbocycles. The minimum absolute atomic E-state index is 0.247. The summed E-state index contributed by atoms with van der Waals surface area (Å²) in [6.07, 6.45) is 28.4. The van der Waals surface area contributed by atoms with Crippen LogP contribution in [-0.2, 0) is 4.79 Å². The standard InChI is InChI=1S/C27H55NO/c1-4-6-7-8-9-10-11-12-13-14-15-16-17-18-19-20-21-22-23-24-27(29)28-25-26(3)5-2/h26H,4-25H2,1-3H3,(H,28,29)/t26-/m1/s1. The van der Waals surface area contributed by atoms with Gasteiger partial charge in [0.2, 0.25) is 5.91 Å². The van der Waals surface area contributed by atoms with Crippen molar-refractivity contribution in [1.29, 1.82) is 0 Å². The highest BCUT2D eigenvalue weighted by Crippen LogP contribution is 2.14. The maximum Gasteiger partial charge on any atom is 0.220 e. The first-order valence-electron chi connectivity index (χ1n) is 13.5. The summed E-state index contributed by atoms with van der Waals surface area (Å²) >= 11 is 0. The number of hydrogen-bond donors (Lipinski definition) is 1. The Balaban J connectivity index is 3.11. The quantitative estimate of drug-likeness (QED) is 0.168. The molecule has 0 fully saturated rings. The number of amides is 1. The van der Waals surface area contributed by atoms with Crippen molar-refractivity contribution in [2.75, 3.05) is 6.54 Å². The van der Waals surface area contributed by atoms with Gasteiger partial charge in [-0.05, 0) is 12.3 Å². The maximum absolute atomic E-state index is 11.7. The van der Waals surface area contributed by atoms with E-state index in [1.54, 1.807) is 0 Å². The average Bonchev–Trinajstić information content (AvgIpc) is 2.73. The van der Waals surface area contributed by atoms with Crippen LogP contribution in [0.25, 0.3) is 0 Å². The summed E-state index contributed by atoms with van der Waals surface area (Å²) in [6.45, 7) is 7.50. The normalized spacial score (nSPS) is 12.2. The molecule has 0 aliphatic heterocycles. The third kappa shape index (κ3) is 23.6. The van der Waals surface area contributed by atoms with Gasteiger partial charge in [0.05, 0.1) is 0 Å². The Hall–Kier alpha value is -0.530. The van der Waals surface area contributed by atoms with Gasteiger partial charge >= 0.3 is 0 Å². The average molecular weight is 410 g/mol. The molecule has 0 aliphatic carbocycles. The van der Waals surface area contributed by atoms with Gasteiger partial charge < -0.3 is 5.32 Å². The molecule has 0 heterocycles. The van der Waals surface area contributed by atoms with Crippen molar-refractivity contribution in [2.24, 2.45) is 5.92 Å². The Morgan fingerprint density at radius 1 is 0.586 bits per heavy atom. The smallest absolute Gasteiger partial charge is 0.220 e. The summed E-state index contributed by atoms with van der Waals surface area (Å²) in [5, 5.41) is 3.05. The van der Waals surface area contributed by atoms with Crippen LogP contribution in [0.1, 0.15) is 156 Å². The highest BCUT2D eigenvalue weighted by atomic mass is 16.1. The second-order valence-corrected chi connectivity index (χ2v) is 9.43. The molecule has 2 heteroatoms. The molecule has 0 rings (SSSR count). The number of carbonyl (C=O) groups excluding carboxylic acids is 1. The fourth-order valence-electron chi connectivity index (χ4n) is 3.88. The maximum atomic E-state index is 11.7. The Morgan fingerprint density at radius 3 is 1.28 bits per heavy atom. The van der Waals surface area contributed by atoms with Crippen molar-refractivity contribution < 1.29 is 4.79 Å². The fourth-order valence-corrected chi connectivity index (χ4v) is 3.88. The van der Waals surface area contributed by atoms with Crippen LogP contribution in [0.3, 0.4) is 0 Å². The zero-order valence-corrected chi connectivity index (χ0v) is 20.5. The molecule has 0 bridgehead atoms. The Kier molecular flexibility index (Phi) is 23.3. The second-order valence-electron chi connectivity index (χ2n) is 9.43. The van der Waals surface area contributed by atoms with Gasteiger partial charge in [0, 0.05) is 13.0 Å². The molecule has 2 nitrogen and oxygen atoms in total. The van der Waals surface area contributed by atoms with Gasteiger partial charge in [-0.15, -0.1) is 0 Å². The van der Waals surface area contributed by atoms with E-state index < -0.39 is 0 Å². The van der Waals surface area contributed by atoms with E-state index in [-0.39, 0.29) is 5.91 Å². The first-order chi connectivity index (χ1) is 14.2. The molecule has 174 valence electrons. The number of nitrogens with one attached hydrogen (secondary N) is 1. The van der Waals surface area contributed by atoms with Crippen molar-refractivity contribution in [3.63, 3.8) is 0 Å².